The number of nitrogens with one attached hydrogen (secondary N) is 1. The maximum atomic E-state index is 3.54. The number of benzene rings is 1. The zero-order valence-electron chi connectivity index (χ0n) is 8.39. The third kappa shape index (κ3) is 3.49. The molecule has 2 heteroatoms. The van der Waals surface area contributed by atoms with Gasteiger partial charge in [-0.05, 0) is 18.6 Å². The Bertz CT molecular complexity index is 281. The van der Waals surface area contributed by atoms with Crippen LogP contribution >= 0.6 is 15.9 Å². The topological polar surface area (TPSA) is 12.0 Å². The SMILES string of the molecule is Cc1ccc(Br)c(CNC(C)C)c1. The maximum absolute atomic E-state index is 3.54. The van der Waals surface area contributed by atoms with E-state index in [1.807, 2.05) is 0 Å². The highest BCUT2D eigenvalue weighted by molar-refractivity contribution is 9.10. The standard InChI is InChI=1S/C11H16BrN/c1-8(2)13-7-10-6-9(3)4-5-11(10)12/h4-6,8,13H,7H2,1-3H3. The Morgan fingerprint density at radius 2 is 2.08 bits per heavy atom. The van der Waals surface area contributed by atoms with E-state index in [0.29, 0.717) is 6.04 Å². The van der Waals surface area contributed by atoms with E-state index in [9.17, 15) is 0 Å². The van der Waals surface area contributed by atoms with Gasteiger partial charge in [-0.15, -0.1) is 0 Å². The first kappa shape index (κ1) is 10.7. The molecule has 0 amide bonds. The molecule has 0 aliphatic rings. The van der Waals surface area contributed by atoms with E-state index in [2.05, 4.69) is 60.2 Å². The van der Waals surface area contributed by atoms with Crippen molar-refractivity contribution in [2.45, 2.75) is 33.4 Å². The Labute approximate surface area is 88.7 Å². The molecule has 0 unspecified atom stereocenters. The fraction of sp³-hybridized carbons (Fsp3) is 0.455. The van der Waals surface area contributed by atoms with Crippen molar-refractivity contribution in [2.75, 3.05) is 0 Å². The van der Waals surface area contributed by atoms with Gasteiger partial charge in [-0.3, -0.25) is 0 Å². The minimum absolute atomic E-state index is 0.535. The molecule has 1 N–H and O–H groups in total. The Kier molecular flexibility index (Phi) is 3.94. The van der Waals surface area contributed by atoms with Crippen molar-refractivity contribution in [3.8, 4) is 0 Å². The van der Waals surface area contributed by atoms with Gasteiger partial charge >= 0.3 is 0 Å². The quantitative estimate of drug-likeness (QED) is 0.857. The second kappa shape index (κ2) is 4.77. The van der Waals surface area contributed by atoms with Gasteiger partial charge in [0, 0.05) is 17.1 Å². The molecule has 1 rings (SSSR count). The molecule has 1 aromatic carbocycles. The second-order valence-corrected chi connectivity index (χ2v) is 4.48. The highest BCUT2D eigenvalue weighted by Crippen LogP contribution is 2.17. The van der Waals surface area contributed by atoms with Gasteiger partial charge in [0.15, 0.2) is 0 Å². The predicted molar refractivity (Wildman–Crippen MR) is 60.9 cm³/mol. The van der Waals surface area contributed by atoms with Gasteiger partial charge in [0.1, 0.15) is 0 Å². The maximum Gasteiger partial charge on any atom is 0.0220 e. The van der Waals surface area contributed by atoms with Gasteiger partial charge < -0.3 is 5.32 Å². The first-order valence-corrected chi connectivity index (χ1v) is 5.37. The van der Waals surface area contributed by atoms with Crippen LogP contribution in [-0.4, -0.2) is 6.04 Å². The summed E-state index contributed by atoms with van der Waals surface area (Å²) in [6.07, 6.45) is 0. The van der Waals surface area contributed by atoms with E-state index in [4.69, 9.17) is 0 Å². The summed E-state index contributed by atoms with van der Waals surface area (Å²) in [5.41, 5.74) is 2.64. The number of halogens is 1. The third-order valence-corrected chi connectivity index (χ3v) is 2.68. The summed E-state index contributed by atoms with van der Waals surface area (Å²) in [5, 5.41) is 3.40. The Morgan fingerprint density at radius 1 is 1.38 bits per heavy atom. The van der Waals surface area contributed by atoms with Crippen LogP contribution in [0.25, 0.3) is 0 Å². The van der Waals surface area contributed by atoms with E-state index in [0.717, 1.165) is 6.54 Å². The Balaban J connectivity index is 2.70. The molecule has 1 nitrogen and oxygen atoms in total. The lowest BCUT2D eigenvalue weighted by molar-refractivity contribution is 0.587. The fourth-order valence-electron chi connectivity index (χ4n) is 1.15. The summed E-state index contributed by atoms with van der Waals surface area (Å²) in [4.78, 5) is 0. The summed E-state index contributed by atoms with van der Waals surface area (Å²) in [5.74, 6) is 0. The molecule has 0 atom stereocenters. The summed E-state index contributed by atoms with van der Waals surface area (Å²) in [7, 11) is 0. The molecule has 1 aromatic rings. The molecular formula is C11H16BrN. The zero-order valence-corrected chi connectivity index (χ0v) is 9.98. The fourth-order valence-corrected chi connectivity index (χ4v) is 1.54. The van der Waals surface area contributed by atoms with E-state index >= 15 is 0 Å². The van der Waals surface area contributed by atoms with Crippen LogP contribution in [0.5, 0.6) is 0 Å². The van der Waals surface area contributed by atoms with E-state index < -0.39 is 0 Å². The van der Waals surface area contributed by atoms with Crippen LogP contribution < -0.4 is 5.32 Å². The normalized spacial score (nSPS) is 10.8. The molecule has 0 bridgehead atoms. The smallest absolute Gasteiger partial charge is 0.0220 e. The molecule has 13 heavy (non-hydrogen) atoms. The van der Waals surface area contributed by atoms with E-state index in [1.54, 1.807) is 0 Å². The predicted octanol–water partition coefficient (Wildman–Crippen LogP) is 3.26. The van der Waals surface area contributed by atoms with Crippen LogP contribution in [0.4, 0.5) is 0 Å². The van der Waals surface area contributed by atoms with Crippen LogP contribution in [0.1, 0.15) is 25.0 Å². The summed E-state index contributed by atoms with van der Waals surface area (Å²) < 4.78 is 1.19. The highest BCUT2D eigenvalue weighted by Gasteiger charge is 2.00. The van der Waals surface area contributed by atoms with Crippen LogP contribution in [0.3, 0.4) is 0 Å². The van der Waals surface area contributed by atoms with Crippen LogP contribution in [-0.2, 0) is 6.54 Å². The summed E-state index contributed by atoms with van der Waals surface area (Å²) in [6, 6.07) is 6.96. The lowest BCUT2D eigenvalue weighted by Gasteiger charge is -2.10. The molecule has 0 heterocycles. The van der Waals surface area contributed by atoms with Crippen molar-refractivity contribution in [3.05, 3.63) is 33.8 Å². The van der Waals surface area contributed by atoms with Gasteiger partial charge in [0.25, 0.3) is 0 Å². The average molecular weight is 242 g/mol. The van der Waals surface area contributed by atoms with Crippen molar-refractivity contribution < 1.29 is 0 Å². The largest absolute Gasteiger partial charge is 0.310 e. The lowest BCUT2D eigenvalue weighted by Crippen LogP contribution is -2.22. The van der Waals surface area contributed by atoms with Crippen molar-refractivity contribution in [1.82, 2.24) is 5.32 Å². The monoisotopic (exact) mass is 241 g/mol. The molecular weight excluding hydrogens is 226 g/mol. The van der Waals surface area contributed by atoms with Crippen LogP contribution in [0, 0.1) is 6.92 Å². The first-order valence-electron chi connectivity index (χ1n) is 4.58. The Morgan fingerprint density at radius 3 is 2.69 bits per heavy atom. The van der Waals surface area contributed by atoms with Crippen molar-refractivity contribution in [3.63, 3.8) is 0 Å². The van der Waals surface area contributed by atoms with Crippen LogP contribution in [0.15, 0.2) is 22.7 Å². The Hall–Kier alpha value is -0.340. The summed E-state index contributed by atoms with van der Waals surface area (Å²) >= 11 is 3.54. The first-order chi connectivity index (χ1) is 6.09. The number of aryl methyl sites for hydroxylation is 1. The molecule has 0 radical (unpaired) electrons. The zero-order chi connectivity index (χ0) is 9.84. The molecule has 0 spiro atoms. The van der Waals surface area contributed by atoms with Gasteiger partial charge in [-0.2, -0.15) is 0 Å². The van der Waals surface area contributed by atoms with E-state index in [-0.39, 0.29) is 0 Å². The number of hydrogen-bond acceptors (Lipinski definition) is 1. The number of rotatable bonds is 3. The molecule has 0 aromatic heterocycles. The minimum Gasteiger partial charge on any atom is -0.310 e. The molecule has 0 saturated carbocycles. The van der Waals surface area contributed by atoms with Gasteiger partial charge in [0.2, 0.25) is 0 Å². The minimum atomic E-state index is 0.535. The molecule has 0 saturated heterocycles. The van der Waals surface area contributed by atoms with Gasteiger partial charge in [-0.25, -0.2) is 0 Å². The highest BCUT2D eigenvalue weighted by atomic mass is 79.9. The molecule has 0 aliphatic carbocycles. The number of hydrogen-bond donors (Lipinski definition) is 1. The van der Waals surface area contributed by atoms with Crippen molar-refractivity contribution >= 4 is 15.9 Å². The van der Waals surface area contributed by atoms with Crippen LogP contribution in [0.2, 0.25) is 0 Å². The molecule has 0 fully saturated rings. The summed E-state index contributed by atoms with van der Waals surface area (Å²) in [6.45, 7) is 7.36. The molecule has 72 valence electrons. The van der Waals surface area contributed by atoms with E-state index in [1.165, 1.54) is 15.6 Å². The third-order valence-electron chi connectivity index (χ3n) is 1.90. The average Bonchev–Trinajstić information content (AvgIpc) is 2.06. The van der Waals surface area contributed by atoms with Gasteiger partial charge in [0.05, 0.1) is 0 Å². The molecule has 0 aliphatic heterocycles. The lowest BCUT2D eigenvalue weighted by atomic mass is 10.1. The van der Waals surface area contributed by atoms with Gasteiger partial charge in [-0.1, -0.05) is 47.5 Å². The second-order valence-electron chi connectivity index (χ2n) is 3.63. The van der Waals surface area contributed by atoms with Crippen molar-refractivity contribution in [2.24, 2.45) is 0 Å². The van der Waals surface area contributed by atoms with Crippen molar-refractivity contribution in [1.29, 1.82) is 0 Å².